The van der Waals surface area contributed by atoms with Crippen LogP contribution in [0.4, 0.5) is 0 Å². The smallest absolute Gasteiger partial charge is 1.00 e. The van der Waals surface area contributed by atoms with Gasteiger partial charge in [0.25, 0.3) is 0 Å². The van der Waals surface area contributed by atoms with E-state index in [0.717, 1.165) is 22.8 Å². The van der Waals surface area contributed by atoms with Crippen LogP contribution >= 0.6 is 0 Å². The van der Waals surface area contributed by atoms with Gasteiger partial charge in [0.05, 0.1) is 11.4 Å². The minimum absolute atomic E-state index is 0. The van der Waals surface area contributed by atoms with Gasteiger partial charge in [-0.05, 0) is 38.1 Å². The molecule has 0 fully saturated rings. The summed E-state index contributed by atoms with van der Waals surface area (Å²) in [6, 6.07) is 5.84. The van der Waals surface area contributed by atoms with Gasteiger partial charge in [-0.25, -0.2) is 15.0 Å². The summed E-state index contributed by atoms with van der Waals surface area (Å²) in [7, 11) is 0. The maximum Gasteiger partial charge on any atom is 3.00 e. The molecule has 5 nitrogen and oxygen atoms in total. The van der Waals surface area contributed by atoms with E-state index in [-0.39, 0.29) is 66.4 Å². The first kappa shape index (κ1) is 26.2. The largest absolute Gasteiger partial charge is 3.00 e. The Labute approximate surface area is 204 Å². The first-order valence-electron chi connectivity index (χ1n) is 8.69. The van der Waals surface area contributed by atoms with Crippen molar-refractivity contribution >= 4 is 23.1 Å². The number of halogens is 3. The molecule has 0 spiro atoms. The number of hydrogen-bond donors (Lipinski definition) is 0. The van der Waals surface area contributed by atoms with E-state index >= 15 is 0 Å². The van der Waals surface area contributed by atoms with Gasteiger partial charge in [-0.3, -0.25) is 9.98 Å². The van der Waals surface area contributed by atoms with E-state index in [9.17, 15) is 0 Å². The van der Waals surface area contributed by atoms with Crippen molar-refractivity contribution in [1.29, 1.82) is 0 Å². The summed E-state index contributed by atoms with van der Waals surface area (Å²) in [4.78, 5) is 23.4. The molecule has 0 amide bonds. The molecule has 3 heterocycles. The van der Waals surface area contributed by atoms with Crippen molar-refractivity contribution < 1.29 is 54.3 Å². The number of nitrogens with zero attached hydrogens (tertiary/aromatic N) is 5. The fraction of sp³-hybridized carbons (Fsp3) is 0.190. The van der Waals surface area contributed by atoms with Crippen molar-refractivity contribution in [2.24, 2.45) is 20.0 Å². The van der Waals surface area contributed by atoms with E-state index in [1.54, 1.807) is 0 Å². The average Bonchev–Trinajstić information content (AvgIpc) is 3.25. The number of amidine groups is 2. The molecule has 1 aromatic heterocycles. The minimum atomic E-state index is 0. The molecule has 1 radical (unpaired) electrons. The molecule has 2 unspecified atom stereocenters. The number of pyridine rings is 1. The summed E-state index contributed by atoms with van der Waals surface area (Å²) >= 11 is 0. The van der Waals surface area contributed by atoms with Gasteiger partial charge in [0.15, 0.2) is 11.7 Å². The van der Waals surface area contributed by atoms with Gasteiger partial charge < -0.3 is 37.2 Å². The predicted molar refractivity (Wildman–Crippen MR) is 106 cm³/mol. The number of aliphatic imine (C=N–C) groups is 4. The van der Waals surface area contributed by atoms with Gasteiger partial charge in [0.1, 0.15) is 23.5 Å². The number of allylic oxidation sites excluding steroid dienone is 4. The van der Waals surface area contributed by atoms with Gasteiger partial charge in [-0.15, -0.1) is 0 Å². The van der Waals surface area contributed by atoms with Crippen LogP contribution in [0.2, 0.25) is 0 Å². The topological polar surface area (TPSA) is 62.3 Å². The zero-order valence-corrected chi connectivity index (χ0v) is 19.4. The Bertz CT molecular complexity index is 999. The predicted octanol–water partition coefficient (Wildman–Crippen LogP) is -5.74. The molecule has 1 aromatic rings. The van der Waals surface area contributed by atoms with Gasteiger partial charge >= 0.3 is 17.1 Å². The van der Waals surface area contributed by atoms with Gasteiger partial charge in [-0.2, -0.15) is 0 Å². The summed E-state index contributed by atoms with van der Waals surface area (Å²) in [5, 5.41) is 0. The monoisotopic (exact) mass is 500 g/mol. The molecule has 2 atom stereocenters. The Morgan fingerprint density at radius 1 is 0.667 bits per heavy atom. The molecular formula is C21H17Cl3FeN5. The fourth-order valence-corrected chi connectivity index (χ4v) is 3.32. The van der Waals surface area contributed by atoms with Crippen LogP contribution in [0.5, 0.6) is 0 Å². The van der Waals surface area contributed by atoms with Crippen LogP contribution in [-0.2, 0) is 17.1 Å². The van der Waals surface area contributed by atoms with Crippen LogP contribution in [0.1, 0.15) is 25.2 Å². The van der Waals surface area contributed by atoms with Crippen molar-refractivity contribution in [1.82, 2.24) is 4.98 Å². The van der Waals surface area contributed by atoms with Crippen molar-refractivity contribution in [3.8, 4) is 0 Å². The maximum atomic E-state index is 4.73. The van der Waals surface area contributed by atoms with Crippen LogP contribution in [-0.4, -0.2) is 40.2 Å². The van der Waals surface area contributed by atoms with Crippen LogP contribution in [0.3, 0.4) is 0 Å². The zero-order chi connectivity index (χ0) is 17.7. The first-order valence-corrected chi connectivity index (χ1v) is 8.69. The molecular weight excluding hydrogens is 484 g/mol. The molecule has 30 heavy (non-hydrogen) atoms. The maximum absolute atomic E-state index is 4.73. The standard InChI is InChI=1S/C21H17N5.3ClH.Fe/c1-12-6-8-14-18(10-12)25-20(23-14)16-4-3-5-17(22-16)21-24-15-9-7-13(2)11-19(15)26-21;;;;/h3-11,18-19H,1-2H3;3*1H;/q;;;;+3/p-3. The van der Waals surface area contributed by atoms with E-state index in [0.29, 0.717) is 11.7 Å². The van der Waals surface area contributed by atoms with E-state index < -0.39 is 0 Å². The molecule has 4 aliphatic rings. The third kappa shape index (κ3) is 4.90. The molecule has 0 N–H and O–H groups in total. The van der Waals surface area contributed by atoms with Gasteiger partial charge in [-0.1, -0.05) is 41.5 Å². The SMILES string of the molecule is CC1=CC2N=C(c3cccc(C4=NC5C=C(C)C=CC5=N4)n3)N=C2C=C1.[Cl-].[Cl-].[Cl-].[Fe+3]. The molecule has 0 saturated heterocycles. The summed E-state index contributed by atoms with van der Waals surface area (Å²) in [5.41, 5.74) is 5.85. The Morgan fingerprint density at radius 3 is 1.53 bits per heavy atom. The van der Waals surface area contributed by atoms with E-state index in [2.05, 4.69) is 48.1 Å². The summed E-state index contributed by atoms with van der Waals surface area (Å²) in [6.45, 7) is 4.14. The number of fused-ring (bicyclic) bond motifs is 2. The molecule has 0 aromatic carbocycles. The second-order valence-corrected chi connectivity index (χ2v) is 6.76. The molecule has 155 valence electrons. The third-order valence-corrected chi connectivity index (χ3v) is 4.68. The van der Waals surface area contributed by atoms with Crippen LogP contribution < -0.4 is 37.2 Å². The van der Waals surface area contributed by atoms with Crippen LogP contribution in [0, 0.1) is 0 Å². The van der Waals surface area contributed by atoms with Crippen LogP contribution in [0.25, 0.3) is 0 Å². The minimum Gasteiger partial charge on any atom is -1.00 e. The molecule has 2 aliphatic heterocycles. The van der Waals surface area contributed by atoms with Crippen molar-refractivity contribution in [2.45, 2.75) is 25.9 Å². The summed E-state index contributed by atoms with van der Waals surface area (Å²) in [5.74, 6) is 1.34. The molecule has 2 aliphatic carbocycles. The van der Waals surface area contributed by atoms with Crippen molar-refractivity contribution in [3.63, 3.8) is 0 Å². The van der Waals surface area contributed by atoms with E-state index in [1.165, 1.54) is 11.1 Å². The average molecular weight is 502 g/mol. The van der Waals surface area contributed by atoms with Crippen molar-refractivity contribution in [3.05, 3.63) is 77.2 Å². The number of hydrogen-bond acceptors (Lipinski definition) is 5. The Hall–Kier alpha value is -1.82. The Balaban J connectivity index is 0.00000112. The quantitative estimate of drug-likeness (QED) is 0.373. The second kappa shape index (κ2) is 10.5. The van der Waals surface area contributed by atoms with Gasteiger partial charge in [0.2, 0.25) is 0 Å². The zero-order valence-electron chi connectivity index (χ0n) is 16.1. The molecule has 9 heteroatoms. The molecule has 0 bridgehead atoms. The molecule has 0 saturated carbocycles. The third-order valence-electron chi connectivity index (χ3n) is 4.68. The van der Waals surface area contributed by atoms with Gasteiger partial charge in [0, 0.05) is 0 Å². The van der Waals surface area contributed by atoms with Crippen molar-refractivity contribution in [2.75, 3.05) is 0 Å². The van der Waals surface area contributed by atoms with E-state index in [1.807, 2.05) is 30.4 Å². The van der Waals surface area contributed by atoms with Crippen LogP contribution in [0.15, 0.2) is 85.8 Å². The second-order valence-electron chi connectivity index (χ2n) is 6.76. The Kier molecular flexibility index (Phi) is 9.15. The summed E-state index contributed by atoms with van der Waals surface area (Å²) in [6.07, 6.45) is 12.4. The number of rotatable bonds is 2. The molecule has 5 rings (SSSR count). The fourth-order valence-electron chi connectivity index (χ4n) is 3.32. The normalized spacial score (nSPS) is 22.2. The van der Waals surface area contributed by atoms with E-state index in [4.69, 9.17) is 15.0 Å². The number of aromatic nitrogens is 1. The summed E-state index contributed by atoms with van der Waals surface area (Å²) < 4.78 is 0. The first-order chi connectivity index (χ1) is 12.7. The Morgan fingerprint density at radius 2 is 1.10 bits per heavy atom.